The fraction of sp³-hybridized carbons (Fsp3) is 0.100. The summed E-state index contributed by atoms with van der Waals surface area (Å²) in [6.07, 6.45) is 3.72. The van der Waals surface area contributed by atoms with Crippen LogP contribution >= 0.6 is 0 Å². The number of aromatic nitrogens is 3. The molecule has 0 spiro atoms. The first kappa shape index (κ1) is 22.3. The summed E-state index contributed by atoms with van der Waals surface area (Å²) in [4.78, 5) is 16.5. The van der Waals surface area contributed by atoms with E-state index in [4.69, 9.17) is 14.7 Å². The molecule has 172 valence electrons. The van der Waals surface area contributed by atoms with Gasteiger partial charge in [-0.1, -0.05) is 72.8 Å². The van der Waals surface area contributed by atoms with Gasteiger partial charge in [0.25, 0.3) is 0 Å². The molecular weight excluding hydrogens is 432 g/mol. The van der Waals surface area contributed by atoms with E-state index in [2.05, 4.69) is 47.3 Å². The van der Waals surface area contributed by atoms with Crippen LogP contribution < -0.4 is 9.64 Å². The fourth-order valence-electron chi connectivity index (χ4n) is 3.95. The maximum Gasteiger partial charge on any atom is 0.162 e. The first-order chi connectivity index (χ1) is 17.2. The predicted molar refractivity (Wildman–Crippen MR) is 141 cm³/mol. The smallest absolute Gasteiger partial charge is 0.162 e. The largest absolute Gasteiger partial charge is 0.497 e. The van der Waals surface area contributed by atoms with E-state index in [1.807, 2.05) is 79.1 Å². The minimum Gasteiger partial charge on any atom is -0.497 e. The van der Waals surface area contributed by atoms with Crippen molar-refractivity contribution in [2.75, 3.05) is 19.1 Å². The van der Waals surface area contributed by atoms with E-state index >= 15 is 0 Å². The molecule has 0 aliphatic carbocycles. The van der Waals surface area contributed by atoms with E-state index in [1.165, 1.54) is 5.56 Å². The van der Waals surface area contributed by atoms with Gasteiger partial charge in [0.1, 0.15) is 11.6 Å². The van der Waals surface area contributed by atoms with Gasteiger partial charge in [0, 0.05) is 48.7 Å². The Kier molecular flexibility index (Phi) is 6.48. The average molecular weight is 459 g/mol. The highest BCUT2D eigenvalue weighted by Gasteiger charge is 2.13. The summed E-state index contributed by atoms with van der Waals surface area (Å²) >= 11 is 0. The summed E-state index contributed by atoms with van der Waals surface area (Å²) in [5, 5.41) is 0. The number of benzene rings is 3. The van der Waals surface area contributed by atoms with Gasteiger partial charge in [0.2, 0.25) is 0 Å². The zero-order valence-electron chi connectivity index (χ0n) is 19.8. The van der Waals surface area contributed by atoms with Crippen molar-refractivity contribution in [3.63, 3.8) is 0 Å². The van der Waals surface area contributed by atoms with E-state index in [0.717, 1.165) is 46.1 Å². The zero-order chi connectivity index (χ0) is 24.0. The normalized spacial score (nSPS) is 10.7. The number of methoxy groups -OCH3 is 1. The van der Waals surface area contributed by atoms with Crippen LogP contribution in [0.3, 0.4) is 0 Å². The Labute approximate surface area is 205 Å². The van der Waals surface area contributed by atoms with Crippen LogP contribution in [-0.2, 0) is 6.54 Å². The fourth-order valence-corrected chi connectivity index (χ4v) is 3.95. The molecule has 5 rings (SSSR count). The van der Waals surface area contributed by atoms with Crippen LogP contribution in [0.15, 0.2) is 109 Å². The molecule has 0 saturated heterocycles. The molecule has 0 bridgehead atoms. The van der Waals surface area contributed by atoms with Crippen LogP contribution in [0.2, 0.25) is 0 Å². The first-order valence-corrected chi connectivity index (χ1v) is 11.5. The van der Waals surface area contributed by atoms with Crippen LogP contribution in [0, 0.1) is 0 Å². The Morgan fingerprint density at radius 2 is 1.37 bits per heavy atom. The van der Waals surface area contributed by atoms with Crippen LogP contribution in [0.4, 0.5) is 5.82 Å². The van der Waals surface area contributed by atoms with Gasteiger partial charge in [-0.2, -0.15) is 0 Å². The van der Waals surface area contributed by atoms with Crippen molar-refractivity contribution in [2.24, 2.45) is 0 Å². The molecule has 2 aromatic heterocycles. The van der Waals surface area contributed by atoms with Crippen molar-refractivity contribution in [3.05, 3.63) is 115 Å². The first-order valence-electron chi connectivity index (χ1n) is 11.5. The Hall–Kier alpha value is -4.51. The van der Waals surface area contributed by atoms with Crippen LogP contribution in [0.1, 0.15) is 5.56 Å². The van der Waals surface area contributed by atoms with Crippen molar-refractivity contribution >= 4 is 5.82 Å². The van der Waals surface area contributed by atoms with E-state index in [0.29, 0.717) is 5.82 Å². The molecule has 0 unspecified atom stereocenters. The lowest BCUT2D eigenvalue weighted by Crippen LogP contribution is -2.18. The van der Waals surface area contributed by atoms with Crippen molar-refractivity contribution in [1.29, 1.82) is 0 Å². The summed E-state index contributed by atoms with van der Waals surface area (Å²) in [6.45, 7) is 0.746. The number of rotatable bonds is 7. The molecule has 0 saturated carbocycles. The maximum atomic E-state index is 5.29. The van der Waals surface area contributed by atoms with Gasteiger partial charge < -0.3 is 9.64 Å². The highest BCUT2D eigenvalue weighted by Crippen LogP contribution is 2.29. The lowest BCUT2D eigenvalue weighted by atomic mass is 10.0. The quantitative estimate of drug-likeness (QED) is 0.278. The number of nitrogens with zero attached hydrogens (tertiary/aromatic N) is 4. The summed E-state index contributed by atoms with van der Waals surface area (Å²) in [5.74, 6) is 2.37. The number of anilines is 1. The molecule has 5 nitrogen and oxygen atoms in total. The molecule has 0 aliphatic rings. The van der Waals surface area contributed by atoms with Gasteiger partial charge in [0.05, 0.1) is 12.8 Å². The summed E-state index contributed by atoms with van der Waals surface area (Å²) in [7, 11) is 3.73. The van der Waals surface area contributed by atoms with Crippen LogP contribution in [0.5, 0.6) is 5.75 Å². The molecule has 0 N–H and O–H groups in total. The van der Waals surface area contributed by atoms with Gasteiger partial charge in [0.15, 0.2) is 5.82 Å². The van der Waals surface area contributed by atoms with Crippen molar-refractivity contribution in [1.82, 2.24) is 15.0 Å². The van der Waals surface area contributed by atoms with Crippen molar-refractivity contribution < 1.29 is 4.74 Å². The molecule has 35 heavy (non-hydrogen) atoms. The molecule has 0 fully saturated rings. The predicted octanol–water partition coefficient (Wildman–Crippen LogP) is 6.52. The summed E-state index contributed by atoms with van der Waals surface area (Å²) in [5.41, 5.74) is 6.05. The third kappa shape index (κ3) is 5.20. The molecular formula is C30H26N4O. The maximum absolute atomic E-state index is 5.29. The van der Waals surface area contributed by atoms with Crippen molar-refractivity contribution in [3.8, 4) is 39.5 Å². The lowest BCUT2D eigenvalue weighted by Gasteiger charge is -2.20. The second kappa shape index (κ2) is 10.2. The van der Waals surface area contributed by atoms with E-state index in [9.17, 15) is 0 Å². The SMILES string of the molecule is COc1ccc(-c2cncc(-c3cc(N(C)Cc4ccccc4)nc(-c4ccccc4)n3)c2)cc1. The monoisotopic (exact) mass is 458 g/mol. The molecule has 2 heterocycles. The second-order valence-corrected chi connectivity index (χ2v) is 8.33. The van der Waals surface area contributed by atoms with Crippen LogP contribution in [0.25, 0.3) is 33.8 Å². The standard InChI is InChI=1S/C30H26N4O/c1-34(21-22-9-5-3-6-10-22)29-18-28(32-30(33-29)24-11-7-4-8-12-24)26-17-25(19-31-20-26)23-13-15-27(35-2)16-14-23/h3-20H,21H2,1-2H3. The number of hydrogen-bond donors (Lipinski definition) is 0. The van der Waals surface area contributed by atoms with E-state index in [-0.39, 0.29) is 0 Å². The zero-order valence-corrected chi connectivity index (χ0v) is 19.8. The van der Waals surface area contributed by atoms with Gasteiger partial charge in [-0.05, 0) is 29.3 Å². The molecule has 0 amide bonds. The van der Waals surface area contributed by atoms with Crippen LogP contribution in [-0.4, -0.2) is 29.1 Å². The highest BCUT2D eigenvalue weighted by molar-refractivity contribution is 5.73. The Balaban J connectivity index is 1.55. The van der Waals surface area contributed by atoms with Gasteiger partial charge in [-0.25, -0.2) is 9.97 Å². The molecule has 3 aromatic carbocycles. The Morgan fingerprint density at radius 1 is 0.686 bits per heavy atom. The van der Waals surface area contributed by atoms with Crippen molar-refractivity contribution in [2.45, 2.75) is 6.54 Å². The Morgan fingerprint density at radius 3 is 2.09 bits per heavy atom. The van der Waals surface area contributed by atoms with Gasteiger partial charge >= 0.3 is 0 Å². The molecule has 0 aliphatic heterocycles. The average Bonchev–Trinajstić information content (AvgIpc) is 2.94. The third-order valence-corrected chi connectivity index (χ3v) is 5.86. The minimum atomic E-state index is 0.688. The van der Waals surface area contributed by atoms with Gasteiger partial charge in [-0.3, -0.25) is 4.98 Å². The minimum absolute atomic E-state index is 0.688. The number of pyridine rings is 1. The number of ether oxygens (including phenoxy) is 1. The third-order valence-electron chi connectivity index (χ3n) is 5.86. The molecule has 0 radical (unpaired) electrons. The highest BCUT2D eigenvalue weighted by atomic mass is 16.5. The Bertz CT molecular complexity index is 1400. The summed E-state index contributed by atoms with van der Waals surface area (Å²) in [6, 6.07) is 32.6. The van der Waals surface area contributed by atoms with E-state index < -0.39 is 0 Å². The number of hydrogen-bond acceptors (Lipinski definition) is 5. The van der Waals surface area contributed by atoms with Gasteiger partial charge in [-0.15, -0.1) is 0 Å². The lowest BCUT2D eigenvalue weighted by molar-refractivity contribution is 0.415. The van der Waals surface area contributed by atoms with E-state index in [1.54, 1.807) is 7.11 Å². The topological polar surface area (TPSA) is 51.1 Å². The summed E-state index contributed by atoms with van der Waals surface area (Å²) < 4.78 is 5.29. The second-order valence-electron chi connectivity index (χ2n) is 8.33. The molecule has 0 atom stereocenters. The molecule has 5 aromatic rings. The molecule has 5 heteroatoms.